The number of carboxylic acid groups (broad SMARTS) is 1. The Bertz CT molecular complexity index is 602. The van der Waals surface area contributed by atoms with Crippen LogP contribution in [0.2, 0.25) is 0 Å². The molecule has 2 fully saturated rings. The molecular formula is C17H22N2O4S. The third-order valence-corrected chi connectivity index (χ3v) is 6.34. The van der Waals surface area contributed by atoms with Gasteiger partial charge in [0, 0.05) is 18.8 Å². The second kappa shape index (κ2) is 7.03. The van der Waals surface area contributed by atoms with Gasteiger partial charge in [0.2, 0.25) is 0 Å². The van der Waals surface area contributed by atoms with Crippen LogP contribution in [0.5, 0.6) is 0 Å². The highest BCUT2D eigenvalue weighted by Crippen LogP contribution is 2.46. The first-order valence-electron chi connectivity index (χ1n) is 8.07. The minimum Gasteiger partial charge on any atom is -0.480 e. The number of rotatable bonds is 3. The van der Waals surface area contributed by atoms with Crippen molar-refractivity contribution in [2.45, 2.75) is 30.4 Å². The summed E-state index contributed by atoms with van der Waals surface area (Å²) in [5.41, 5.74) is 0.891. The van der Waals surface area contributed by atoms with Gasteiger partial charge in [0.25, 0.3) is 0 Å². The fourth-order valence-corrected chi connectivity index (χ4v) is 4.85. The highest BCUT2D eigenvalue weighted by atomic mass is 32.2. The lowest BCUT2D eigenvalue weighted by Gasteiger charge is -2.43. The number of thioether (sulfide) groups is 1. The molecule has 7 heteroatoms. The Morgan fingerprint density at radius 2 is 1.96 bits per heavy atom. The highest BCUT2D eigenvalue weighted by Gasteiger charge is 2.53. The van der Waals surface area contributed by atoms with E-state index in [1.165, 1.54) is 4.90 Å². The summed E-state index contributed by atoms with van der Waals surface area (Å²) in [5.74, 6) is -0.547. The molecule has 1 spiro atoms. The number of carboxylic acids is 1. The molecule has 1 amide bonds. The van der Waals surface area contributed by atoms with Crippen molar-refractivity contribution in [3.05, 3.63) is 35.9 Å². The number of benzene rings is 1. The predicted molar refractivity (Wildman–Crippen MR) is 91.8 cm³/mol. The van der Waals surface area contributed by atoms with Crippen LogP contribution in [0, 0.1) is 0 Å². The maximum Gasteiger partial charge on any atom is 0.412 e. The fraction of sp³-hybridized carbons (Fsp3) is 0.529. The average Bonchev–Trinajstić information content (AvgIpc) is 2.96. The number of ether oxygens (including phenoxy) is 1. The molecule has 0 unspecified atom stereocenters. The molecule has 1 N–H and O–H groups in total. The lowest BCUT2D eigenvalue weighted by molar-refractivity contribution is -0.142. The molecule has 0 bridgehead atoms. The summed E-state index contributed by atoms with van der Waals surface area (Å²) in [6.07, 6.45) is 0.998. The Kier molecular flexibility index (Phi) is 5.01. The molecule has 0 aliphatic carbocycles. The Balaban J connectivity index is 1.74. The zero-order valence-corrected chi connectivity index (χ0v) is 14.5. The van der Waals surface area contributed by atoms with Crippen molar-refractivity contribution in [3.8, 4) is 0 Å². The maximum atomic E-state index is 12.7. The van der Waals surface area contributed by atoms with E-state index in [1.807, 2.05) is 37.4 Å². The van der Waals surface area contributed by atoms with E-state index < -0.39 is 23.0 Å². The summed E-state index contributed by atoms with van der Waals surface area (Å²) in [4.78, 5) is 27.5. The zero-order chi connectivity index (χ0) is 17.2. The number of amides is 1. The van der Waals surface area contributed by atoms with E-state index in [-0.39, 0.29) is 6.61 Å². The quantitative estimate of drug-likeness (QED) is 0.902. The lowest BCUT2D eigenvalue weighted by atomic mass is 10.0. The third-order valence-electron chi connectivity index (χ3n) is 4.72. The standard InChI is InChI=1S/C17H22N2O4S/c1-18-9-7-17(8-10-18)19(14(12-24-17)15(20)21)16(22)23-11-13-5-3-2-4-6-13/h2-6,14H,7-12H2,1H3,(H,20,21)/t14-/m0/s1. The van der Waals surface area contributed by atoms with Crippen molar-refractivity contribution < 1.29 is 19.4 Å². The van der Waals surface area contributed by atoms with Gasteiger partial charge in [-0.25, -0.2) is 9.59 Å². The average molecular weight is 350 g/mol. The summed E-state index contributed by atoms with van der Waals surface area (Å²) in [7, 11) is 2.04. The van der Waals surface area contributed by atoms with Gasteiger partial charge >= 0.3 is 12.1 Å². The summed E-state index contributed by atoms with van der Waals surface area (Å²) < 4.78 is 5.44. The SMILES string of the molecule is CN1CCC2(CC1)SC[C@@H](C(=O)O)N2C(=O)OCc1ccccc1. The summed E-state index contributed by atoms with van der Waals surface area (Å²) >= 11 is 1.58. The van der Waals surface area contributed by atoms with Gasteiger partial charge in [0.15, 0.2) is 0 Å². The van der Waals surface area contributed by atoms with E-state index >= 15 is 0 Å². The zero-order valence-electron chi connectivity index (χ0n) is 13.7. The van der Waals surface area contributed by atoms with E-state index in [0.717, 1.165) is 31.5 Å². The van der Waals surface area contributed by atoms with E-state index in [1.54, 1.807) is 11.8 Å². The Hall–Kier alpha value is -1.73. The van der Waals surface area contributed by atoms with Gasteiger partial charge in [-0.3, -0.25) is 4.90 Å². The monoisotopic (exact) mass is 350 g/mol. The van der Waals surface area contributed by atoms with Gasteiger partial charge in [-0.1, -0.05) is 30.3 Å². The van der Waals surface area contributed by atoms with Crippen LogP contribution in [0.4, 0.5) is 4.79 Å². The van der Waals surface area contributed by atoms with Crippen LogP contribution in [0.25, 0.3) is 0 Å². The largest absolute Gasteiger partial charge is 0.480 e. The second-order valence-electron chi connectivity index (χ2n) is 6.32. The summed E-state index contributed by atoms with van der Waals surface area (Å²) in [6, 6.07) is 8.61. The Labute approximate surface area is 145 Å². The van der Waals surface area contributed by atoms with Crippen LogP contribution in [-0.2, 0) is 16.1 Å². The normalized spacial score (nSPS) is 23.4. The molecule has 2 aliphatic heterocycles. The molecule has 3 rings (SSSR count). The molecule has 24 heavy (non-hydrogen) atoms. The highest BCUT2D eigenvalue weighted by molar-refractivity contribution is 8.01. The fourth-order valence-electron chi connectivity index (χ4n) is 3.28. The first-order valence-corrected chi connectivity index (χ1v) is 9.06. The molecule has 1 atom stereocenters. The van der Waals surface area contributed by atoms with Crippen LogP contribution >= 0.6 is 11.8 Å². The van der Waals surface area contributed by atoms with Gasteiger partial charge in [-0.15, -0.1) is 11.8 Å². The Morgan fingerprint density at radius 1 is 1.29 bits per heavy atom. The smallest absolute Gasteiger partial charge is 0.412 e. The first-order chi connectivity index (χ1) is 11.5. The van der Waals surface area contributed by atoms with E-state index in [4.69, 9.17) is 4.74 Å². The van der Waals surface area contributed by atoms with E-state index in [2.05, 4.69) is 4.90 Å². The predicted octanol–water partition coefficient (Wildman–Crippen LogP) is 2.25. The van der Waals surface area contributed by atoms with E-state index in [0.29, 0.717) is 5.75 Å². The van der Waals surface area contributed by atoms with Crippen molar-refractivity contribution in [2.75, 3.05) is 25.9 Å². The summed E-state index contributed by atoms with van der Waals surface area (Å²) in [6.45, 7) is 1.85. The molecule has 6 nitrogen and oxygen atoms in total. The first kappa shape index (κ1) is 17.1. The number of likely N-dealkylation sites (tertiary alicyclic amines) is 1. The number of carbonyl (C=O) groups excluding carboxylic acids is 1. The number of hydrogen-bond donors (Lipinski definition) is 1. The molecule has 1 aromatic carbocycles. The minimum atomic E-state index is -0.963. The minimum absolute atomic E-state index is 0.156. The van der Waals surface area contributed by atoms with Gasteiger partial charge in [0.1, 0.15) is 12.6 Å². The molecular weight excluding hydrogens is 328 g/mol. The number of carbonyl (C=O) groups is 2. The number of nitrogens with zero attached hydrogens (tertiary/aromatic N) is 2. The van der Waals surface area contributed by atoms with Gasteiger partial charge in [-0.2, -0.15) is 0 Å². The van der Waals surface area contributed by atoms with Crippen molar-refractivity contribution in [3.63, 3.8) is 0 Å². The molecule has 2 saturated heterocycles. The van der Waals surface area contributed by atoms with Crippen molar-refractivity contribution in [1.82, 2.24) is 9.80 Å². The number of aliphatic carboxylic acids is 1. The lowest BCUT2D eigenvalue weighted by Crippen LogP contribution is -2.56. The van der Waals surface area contributed by atoms with Crippen molar-refractivity contribution in [2.24, 2.45) is 0 Å². The van der Waals surface area contributed by atoms with Gasteiger partial charge < -0.3 is 14.7 Å². The van der Waals surface area contributed by atoms with Gasteiger partial charge in [-0.05, 0) is 25.5 Å². The van der Waals surface area contributed by atoms with Crippen LogP contribution in [-0.4, -0.2) is 63.8 Å². The second-order valence-corrected chi connectivity index (χ2v) is 7.71. The maximum absolute atomic E-state index is 12.7. The molecule has 0 radical (unpaired) electrons. The van der Waals surface area contributed by atoms with Crippen molar-refractivity contribution in [1.29, 1.82) is 0 Å². The molecule has 2 heterocycles. The topological polar surface area (TPSA) is 70.1 Å². The van der Waals surface area contributed by atoms with Gasteiger partial charge in [0.05, 0.1) is 4.87 Å². The summed E-state index contributed by atoms with van der Waals surface area (Å²) in [5, 5.41) is 9.51. The molecule has 130 valence electrons. The van der Waals surface area contributed by atoms with Crippen LogP contribution in [0.3, 0.4) is 0 Å². The number of hydrogen-bond acceptors (Lipinski definition) is 5. The van der Waals surface area contributed by atoms with Crippen LogP contribution < -0.4 is 0 Å². The van der Waals surface area contributed by atoms with Crippen molar-refractivity contribution >= 4 is 23.8 Å². The Morgan fingerprint density at radius 3 is 2.58 bits per heavy atom. The number of piperidine rings is 1. The molecule has 0 aromatic heterocycles. The molecule has 2 aliphatic rings. The van der Waals surface area contributed by atoms with E-state index in [9.17, 15) is 14.7 Å². The van der Waals surface area contributed by atoms with Crippen LogP contribution in [0.15, 0.2) is 30.3 Å². The third kappa shape index (κ3) is 3.37. The van der Waals surface area contributed by atoms with Crippen LogP contribution in [0.1, 0.15) is 18.4 Å². The molecule has 0 saturated carbocycles. The molecule has 1 aromatic rings.